The molecule has 1 heterocycles. The van der Waals surface area contributed by atoms with Crippen molar-refractivity contribution in [1.29, 1.82) is 0 Å². The first-order valence-corrected chi connectivity index (χ1v) is 9.35. The molecule has 0 aliphatic carbocycles. The van der Waals surface area contributed by atoms with Gasteiger partial charge in [-0.15, -0.1) is 0 Å². The third kappa shape index (κ3) is 6.37. The molecule has 8 nitrogen and oxygen atoms in total. The molecule has 1 N–H and O–H groups in total. The number of nitrogens with one attached hydrogen (secondary N) is 1. The highest BCUT2D eigenvalue weighted by Gasteiger charge is 2.28. The van der Waals surface area contributed by atoms with Gasteiger partial charge >= 0.3 is 11.9 Å². The predicted molar refractivity (Wildman–Crippen MR) is 100 cm³/mol. The number of benzene rings is 1. The Hall–Kier alpha value is -2.90. The van der Waals surface area contributed by atoms with Crippen molar-refractivity contribution in [3.8, 4) is 0 Å². The topological polar surface area (TPSA) is 102 Å². The molecule has 1 aromatic carbocycles. The van der Waals surface area contributed by atoms with E-state index in [4.69, 9.17) is 9.47 Å². The van der Waals surface area contributed by atoms with Crippen LogP contribution in [0.4, 0.5) is 0 Å². The highest BCUT2D eigenvalue weighted by Crippen LogP contribution is 2.18. The molecular formula is C20H26N2O6. The number of hydrogen-bond donors (Lipinski definition) is 1. The van der Waals surface area contributed by atoms with E-state index in [9.17, 15) is 19.2 Å². The van der Waals surface area contributed by atoms with E-state index in [-0.39, 0.29) is 36.9 Å². The summed E-state index contributed by atoms with van der Waals surface area (Å²) in [5.41, 5.74) is 1.39. The molecule has 152 valence electrons. The lowest BCUT2D eigenvalue weighted by Crippen LogP contribution is -2.43. The number of carbonyl (C=O) groups excluding carboxylic acids is 4. The molecule has 1 fully saturated rings. The van der Waals surface area contributed by atoms with Gasteiger partial charge in [0.15, 0.2) is 6.61 Å². The van der Waals surface area contributed by atoms with E-state index >= 15 is 0 Å². The molecule has 1 aromatic rings. The summed E-state index contributed by atoms with van der Waals surface area (Å²) >= 11 is 0. The third-order valence-electron chi connectivity index (χ3n) is 4.50. The van der Waals surface area contributed by atoms with Crippen molar-refractivity contribution in [3.63, 3.8) is 0 Å². The van der Waals surface area contributed by atoms with Crippen LogP contribution in [0.3, 0.4) is 0 Å². The van der Waals surface area contributed by atoms with E-state index in [1.54, 1.807) is 30.0 Å². The van der Waals surface area contributed by atoms with Gasteiger partial charge in [0.05, 0.1) is 12.5 Å². The zero-order chi connectivity index (χ0) is 20.5. The standard InChI is InChI=1S/C20H26N2O6/c1-3-27-20(26)15-7-9-22(10-8-15)17(23)13-28-18(24)12-21-19(25)16-6-4-5-14(2)11-16/h4-6,11,15H,3,7-10,12-13H2,1-2H3,(H,21,25). The first kappa shape index (κ1) is 21.4. The summed E-state index contributed by atoms with van der Waals surface area (Å²) in [7, 11) is 0. The quantitative estimate of drug-likeness (QED) is 0.699. The molecule has 8 heteroatoms. The molecule has 1 saturated heterocycles. The Morgan fingerprint density at radius 3 is 2.50 bits per heavy atom. The minimum atomic E-state index is -0.684. The molecule has 28 heavy (non-hydrogen) atoms. The van der Waals surface area contributed by atoms with Gasteiger partial charge in [0.2, 0.25) is 0 Å². The monoisotopic (exact) mass is 390 g/mol. The third-order valence-corrected chi connectivity index (χ3v) is 4.50. The molecule has 0 saturated carbocycles. The average molecular weight is 390 g/mol. The number of nitrogens with zero attached hydrogens (tertiary/aromatic N) is 1. The number of piperidine rings is 1. The van der Waals surface area contributed by atoms with E-state index in [0.29, 0.717) is 38.1 Å². The lowest BCUT2D eigenvalue weighted by molar-refractivity contribution is -0.154. The number of hydrogen-bond acceptors (Lipinski definition) is 6. The lowest BCUT2D eigenvalue weighted by Gasteiger charge is -2.30. The van der Waals surface area contributed by atoms with Crippen LogP contribution in [0.2, 0.25) is 0 Å². The number of rotatable bonds is 7. The highest BCUT2D eigenvalue weighted by atomic mass is 16.5. The summed E-state index contributed by atoms with van der Waals surface area (Å²) in [5, 5.41) is 2.47. The lowest BCUT2D eigenvalue weighted by atomic mass is 9.97. The van der Waals surface area contributed by atoms with Gasteiger partial charge in [0.1, 0.15) is 6.54 Å². The van der Waals surface area contributed by atoms with Crippen molar-refractivity contribution in [2.24, 2.45) is 5.92 Å². The maximum absolute atomic E-state index is 12.1. The summed E-state index contributed by atoms with van der Waals surface area (Å²) in [5.74, 6) is -1.81. The van der Waals surface area contributed by atoms with Crippen molar-refractivity contribution < 1.29 is 28.7 Å². The molecule has 2 amide bonds. The Morgan fingerprint density at radius 2 is 1.86 bits per heavy atom. The summed E-state index contributed by atoms with van der Waals surface area (Å²) in [6.45, 7) is 4.11. The number of ether oxygens (including phenoxy) is 2. The summed E-state index contributed by atoms with van der Waals surface area (Å²) < 4.78 is 9.94. The van der Waals surface area contributed by atoms with Gasteiger partial charge in [-0.2, -0.15) is 0 Å². The van der Waals surface area contributed by atoms with Crippen molar-refractivity contribution >= 4 is 23.8 Å². The Bertz CT molecular complexity index is 725. The SMILES string of the molecule is CCOC(=O)C1CCN(C(=O)COC(=O)CNC(=O)c2cccc(C)c2)CC1. The van der Waals surface area contributed by atoms with E-state index in [0.717, 1.165) is 5.56 Å². The second-order valence-electron chi connectivity index (χ2n) is 6.62. The van der Waals surface area contributed by atoms with Crippen LogP contribution in [0.1, 0.15) is 35.7 Å². The zero-order valence-electron chi connectivity index (χ0n) is 16.2. The highest BCUT2D eigenvalue weighted by molar-refractivity contribution is 5.96. The fourth-order valence-corrected chi connectivity index (χ4v) is 2.95. The van der Waals surface area contributed by atoms with Gasteiger partial charge in [-0.05, 0) is 38.8 Å². The van der Waals surface area contributed by atoms with Gasteiger partial charge in [0, 0.05) is 18.7 Å². The van der Waals surface area contributed by atoms with Crippen LogP contribution < -0.4 is 5.32 Å². The average Bonchev–Trinajstić information content (AvgIpc) is 2.70. The van der Waals surface area contributed by atoms with Gasteiger partial charge in [0.25, 0.3) is 11.8 Å². The van der Waals surface area contributed by atoms with Crippen LogP contribution in [-0.4, -0.2) is 61.5 Å². The van der Waals surface area contributed by atoms with Crippen LogP contribution >= 0.6 is 0 Å². The first-order chi connectivity index (χ1) is 13.4. The Kier molecular flexibility index (Phi) is 7.98. The van der Waals surface area contributed by atoms with Crippen LogP contribution in [0, 0.1) is 12.8 Å². The molecule has 0 unspecified atom stereocenters. The van der Waals surface area contributed by atoms with E-state index in [1.165, 1.54) is 0 Å². The maximum Gasteiger partial charge on any atom is 0.325 e. The van der Waals surface area contributed by atoms with E-state index in [1.807, 2.05) is 13.0 Å². The molecular weight excluding hydrogens is 364 g/mol. The maximum atomic E-state index is 12.1. The largest absolute Gasteiger partial charge is 0.466 e. The number of esters is 2. The Labute approximate surface area is 164 Å². The zero-order valence-corrected chi connectivity index (χ0v) is 16.2. The second-order valence-corrected chi connectivity index (χ2v) is 6.62. The van der Waals surface area contributed by atoms with Gasteiger partial charge in [-0.25, -0.2) is 0 Å². The molecule has 2 rings (SSSR count). The van der Waals surface area contributed by atoms with Crippen LogP contribution in [0.25, 0.3) is 0 Å². The van der Waals surface area contributed by atoms with Crippen molar-refractivity contribution in [2.45, 2.75) is 26.7 Å². The van der Waals surface area contributed by atoms with Crippen molar-refractivity contribution in [1.82, 2.24) is 10.2 Å². The number of amides is 2. The van der Waals surface area contributed by atoms with Crippen LogP contribution in [0.5, 0.6) is 0 Å². The first-order valence-electron chi connectivity index (χ1n) is 9.35. The summed E-state index contributed by atoms with van der Waals surface area (Å²) in [6, 6.07) is 6.99. The van der Waals surface area contributed by atoms with Crippen molar-refractivity contribution in [3.05, 3.63) is 35.4 Å². The Balaban J connectivity index is 1.68. The molecule has 0 spiro atoms. The van der Waals surface area contributed by atoms with Crippen molar-refractivity contribution in [2.75, 3.05) is 32.8 Å². The van der Waals surface area contributed by atoms with Gasteiger partial charge in [-0.3, -0.25) is 19.2 Å². The fraction of sp³-hybridized carbons (Fsp3) is 0.500. The molecule has 0 atom stereocenters. The number of carbonyl (C=O) groups is 4. The van der Waals surface area contributed by atoms with Gasteiger partial charge in [-0.1, -0.05) is 17.7 Å². The fourth-order valence-electron chi connectivity index (χ4n) is 2.95. The molecule has 0 bridgehead atoms. The predicted octanol–water partition coefficient (Wildman–Crippen LogP) is 1.07. The summed E-state index contributed by atoms with van der Waals surface area (Å²) in [6.07, 6.45) is 1.07. The number of likely N-dealkylation sites (tertiary alicyclic amines) is 1. The molecule has 0 aromatic heterocycles. The summed E-state index contributed by atoms with van der Waals surface area (Å²) in [4.78, 5) is 49.2. The van der Waals surface area contributed by atoms with Crippen LogP contribution in [-0.2, 0) is 23.9 Å². The van der Waals surface area contributed by atoms with E-state index in [2.05, 4.69) is 5.32 Å². The minimum absolute atomic E-state index is 0.191. The normalized spacial score (nSPS) is 14.3. The smallest absolute Gasteiger partial charge is 0.325 e. The Morgan fingerprint density at radius 1 is 1.14 bits per heavy atom. The molecule has 0 radical (unpaired) electrons. The van der Waals surface area contributed by atoms with Crippen LogP contribution in [0.15, 0.2) is 24.3 Å². The molecule has 1 aliphatic heterocycles. The molecule has 1 aliphatic rings. The minimum Gasteiger partial charge on any atom is -0.466 e. The number of aryl methyl sites for hydroxylation is 1. The second kappa shape index (κ2) is 10.4. The van der Waals surface area contributed by atoms with E-state index < -0.39 is 5.97 Å². The van der Waals surface area contributed by atoms with Gasteiger partial charge < -0.3 is 19.7 Å².